The zero-order valence-corrected chi connectivity index (χ0v) is 8.78. The lowest BCUT2D eigenvalue weighted by atomic mass is 10.1. The van der Waals surface area contributed by atoms with Crippen LogP contribution in [0.3, 0.4) is 0 Å². The summed E-state index contributed by atoms with van der Waals surface area (Å²) in [5, 5.41) is 0. The van der Waals surface area contributed by atoms with Crippen molar-refractivity contribution in [3.05, 3.63) is 35.6 Å². The maximum atomic E-state index is 12.6. The average molecular weight is 221 g/mol. The molecule has 0 unspecified atom stereocenters. The summed E-state index contributed by atoms with van der Waals surface area (Å²) in [5.74, 6) is -0.305. The molecule has 16 heavy (non-hydrogen) atoms. The summed E-state index contributed by atoms with van der Waals surface area (Å²) < 4.78 is 12.6. The molecule has 0 radical (unpaired) electrons. The summed E-state index contributed by atoms with van der Waals surface area (Å²) in [5.41, 5.74) is 0.495. The van der Waals surface area contributed by atoms with Crippen molar-refractivity contribution >= 4 is 11.7 Å². The summed E-state index contributed by atoms with van der Waals surface area (Å²) in [6.07, 6.45) is 0.891. The third-order valence-electron chi connectivity index (χ3n) is 2.72. The Labute approximate surface area is 92.9 Å². The number of hydrogen-bond acceptors (Lipinski definition) is 2. The second-order valence-electron chi connectivity index (χ2n) is 3.81. The molecular formula is C12H12FNO2. The molecule has 1 fully saturated rings. The van der Waals surface area contributed by atoms with Gasteiger partial charge in [0.2, 0.25) is 5.91 Å². The summed E-state index contributed by atoms with van der Waals surface area (Å²) >= 11 is 0. The minimum Gasteiger partial charge on any atom is -0.342 e. The second-order valence-corrected chi connectivity index (χ2v) is 3.81. The third-order valence-corrected chi connectivity index (χ3v) is 2.72. The molecule has 0 atom stereocenters. The van der Waals surface area contributed by atoms with Crippen molar-refractivity contribution in [1.82, 2.24) is 4.90 Å². The Kier molecular flexibility index (Phi) is 2.99. The normalized spacial score (nSPS) is 14.8. The highest BCUT2D eigenvalue weighted by molar-refractivity contribution is 5.96. The Morgan fingerprint density at radius 2 is 2.00 bits per heavy atom. The fourth-order valence-corrected chi connectivity index (χ4v) is 1.61. The van der Waals surface area contributed by atoms with Gasteiger partial charge in [0.15, 0.2) is 5.78 Å². The topological polar surface area (TPSA) is 37.4 Å². The van der Waals surface area contributed by atoms with Crippen LogP contribution in [0.15, 0.2) is 24.3 Å². The number of carbonyl (C=O) groups excluding carboxylic acids is 2. The number of rotatable bonds is 4. The molecule has 1 aliphatic rings. The quantitative estimate of drug-likeness (QED) is 0.572. The molecule has 0 aromatic heterocycles. The molecule has 1 saturated heterocycles. The zero-order chi connectivity index (χ0) is 11.5. The molecule has 2 rings (SSSR count). The molecular weight excluding hydrogens is 209 g/mol. The molecule has 1 heterocycles. The van der Waals surface area contributed by atoms with Gasteiger partial charge < -0.3 is 4.90 Å². The van der Waals surface area contributed by atoms with Gasteiger partial charge in [0.1, 0.15) is 5.82 Å². The highest BCUT2D eigenvalue weighted by Gasteiger charge is 2.23. The van der Waals surface area contributed by atoms with Crippen LogP contribution in [-0.4, -0.2) is 29.7 Å². The molecule has 84 valence electrons. The number of amides is 1. The van der Waals surface area contributed by atoms with Crippen LogP contribution in [0.25, 0.3) is 0 Å². The third kappa shape index (κ3) is 2.27. The number of ketones is 1. The Hall–Kier alpha value is -1.71. The average Bonchev–Trinajstić information content (AvgIpc) is 2.28. The molecule has 0 bridgehead atoms. The molecule has 0 N–H and O–H groups in total. The maximum absolute atomic E-state index is 12.6. The number of hydrogen-bond donors (Lipinski definition) is 0. The molecule has 0 saturated carbocycles. The predicted octanol–water partition coefficient (Wildman–Crippen LogP) is 1.63. The first-order chi connectivity index (χ1) is 7.66. The number of Topliss-reactive ketones (excluding diaryl/α,β-unsaturated/α-hetero) is 1. The molecule has 1 aromatic rings. The standard InChI is InChI=1S/C12H12FNO2/c13-10-3-1-9(2-4-10)11(15)5-7-14-8-6-12(14)16/h1-4H,5-8H2. The highest BCUT2D eigenvalue weighted by Crippen LogP contribution is 2.11. The van der Waals surface area contributed by atoms with Crippen LogP contribution >= 0.6 is 0 Å². The molecule has 1 amide bonds. The minimum absolute atomic E-state index is 0.0558. The summed E-state index contributed by atoms with van der Waals surface area (Å²) in [4.78, 5) is 24.3. The number of nitrogens with zero attached hydrogens (tertiary/aromatic N) is 1. The van der Waals surface area contributed by atoms with Gasteiger partial charge in [-0.25, -0.2) is 4.39 Å². The van der Waals surface area contributed by atoms with Gasteiger partial charge in [-0.1, -0.05) is 0 Å². The molecule has 0 aliphatic carbocycles. The van der Waals surface area contributed by atoms with Gasteiger partial charge in [-0.15, -0.1) is 0 Å². The first-order valence-electron chi connectivity index (χ1n) is 5.23. The number of halogens is 1. The fourth-order valence-electron chi connectivity index (χ4n) is 1.61. The minimum atomic E-state index is -0.352. The maximum Gasteiger partial charge on any atom is 0.224 e. The Balaban J connectivity index is 1.88. The lowest BCUT2D eigenvalue weighted by Crippen LogP contribution is -2.44. The van der Waals surface area contributed by atoms with Gasteiger partial charge in [0, 0.05) is 31.5 Å². The van der Waals surface area contributed by atoms with Crippen molar-refractivity contribution in [1.29, 1.82) is 0 Å². The number of benzene rings is 1. The first kappa shape index (κ1) is 10.8. The van der Waals surface area contributed by atoms with E-state index >= 15 is 0 Å². The van der Waals surface area contributed by atoms with Crippen molar-refractivity contribution in [3.63, 3.8) is 0 Å². The van der Waals surface area contributed by atoms with Gasteiger partial charge in [0.05, 0.1) is 0 Å². The van der Waals surface area contributed by atoms with Crippen LogP contribution < -0.4 is 0 Å². The van der Waals surface area contributed by atoms with Gasteiger partial charge in [-0.2, -0.15) is 0 Å². The fraction of sp³-hybridized carbons (Fsp3) is 0.333. The van der Waals surface area contributed by atoms with Crippen molar-refractivity contribution in [3.8, 4) is 0 Å². The largest absolute Gasteiger partial charge is 0.342 e. The number of likely N-dealkylation sites (tertiary alicyclic amines) is 1. The lowest BCUT2D eigenvalue weighted by molar-refractivity contribution is -0.139. The summed E-state index contributed by atoms with van der Waals surface area (Å²) in [6, 6.07) is 5.47. The van der Waals surface area contributed by atoms with Crippen LogP contribution in [0.4, 0.5) is 4.39 Å². The van der Waals surface area contributed by atoms with Gasteiger partial charge in [-0.05, 0) is 24.3 Å². The lowest BCUT2D eigenvalue weighted by Gasteiger charge is -2.30. The van der Waals surface area contributed by atoms with E-state index in [0.717, 1.165) is 6.54 Å². The highest BCUT2D eigenvalue weighted by atomic mass is 19.1. The molecule has 4 heteroatoms. The van der Waals surface area contributed by atoms with Crippen molar-refractivity contribution < 1.29 is 14.0 Å². The molecule has 1 aromatic carbocycles. The van der Waals surface area contributed by atoms with Gasteiger partial charge >= 0.3 is 0 Å². The van der Waals surface area contributed by atoms with E-state index in [1.807, 2.05) is 0 Å². The molecule has 3 nitrogen and oxygen atoms in total. The van der Waals surface area contributed by atoms with Crippen LogP contribution in [0.1, 0.15) is 23.2 Å². The predicted molar refractivity (Wildman–Crippen MR) is 56.5 cm³/mol. The summed E-state index contributed by atoms with van der Waals surface area (Å²) in [7, 11) is 0. The second kappa shape index (κ2) is 4.43. The first-order valence-corrected chi connectivity index (χ1v) is 5.23. The van der Waals surface area contributed by atoms with E-state index in [1.165, 1.54) is 24.3 Å². The summed E-state index contributed by atoms with van der Waals surface area (Å²) in [6.45, 7) is 1.21. The van der Waals surface area contributed by atoms with Gasteiger partial charge in [0.25, 0.3) is 0 Å². The van der Waals surface area contributed by atoms with Crippen LogP contribution in [0.2, 0.25) is 0 Å². The van der Waals surface area contributed by atoms with E-state index in [1.54, 1.807) is 4.90 Å². The van der Waals surface area contributed by atoms with E-state index in [4.69, 9.17) is 0 Å². The van der Waals surface area contributed by atoms with Crippen molar-refractivity contribution in [2.24, 2.45) is 0 Å². The van der Waals surface area contributed by atoms with E-state index in [2.05, 4.69) is 0 Å². The monoisotopic (exact) mass is 221 g/mol. The van der Waals surface area contributed by atoms with Crippen LogP contribution in [0.5, 0.6) is 0 Å². The zero-order valence-electron chi connectivity index (χ0n) is 8.78. The molecule has 0 spiro atoms. The Morgan fingerprint density at radius 3 is 2.50 bits per heavy atom. The smallest absolute Gasteiger partial charge is 0.224 e. The van der Waals surface area contributed by atoms with E-state index < -0.39 is 0 Å². The van der Waals surface area contributed by atoms with Crippen molar-refractivity contribution in [2.75, 3.05) is 13.1 Å². The van der Waals surface area contributed by atoms with Crippen LogP contribution in [-0.2, 0) is 4.79 Å². The van der Waals surface area contributed by atoms with E-state index in [0.29, 0.717) is 24.9 Å². The molecule has 1 aliphatic heterocycles. The van der Waals surface area contributed by atoms with Gasteiger partial charge in [-0.3, -0.25) is 9.59 Å². The van der Waals surface area contributed by atoms with Crippen molar-refractivity contribution in [2.45, 2.75) is 12.8 Å². The SMILES string of the molecule is O=C(CCN1CCC1=O)c1ccc(F)cc1. The van der Waals surface area contributed by atoms with Crippen LogP contribution in [0, 0.1) is 5.82 Å². The Morgan fingerprint density at radius 1 is 1.31 bits per heavy atom. The van der Waals surface area contributed by atoms with E-state index in [-0.39, 0.29) is 17.5 Å². The number of β-lactam (4-membered cyclic amide) rings is 1. The Bertz CT molecular complexity index is 414. The number of carbonyl (C=O) groups is 2. The van der Waals surface area contributed by atoms with E-state index in [9.17, 15) is 14.0 Å².